The Hall–Kier alpha value is -3.51. The van der Waals surface area contributed by atoms with Gasteiger partial charge < -0.3 is 19.6 Å². The number of hydrogen-bond donors (Lipinski definition) is 2. The summed E-state index contributed by atoms with van der Waals surface area (Å²) < 4.78 is 11.3. The molecule has 1 aliphatic rings. The van der Waals surface area contributed by atoms with Crippen molar-refractivity contribution in [2.75, 3.05) is 7.11 Å². The number of aliphatic hydroxyl groups excluding tert-OH is 1. The van der Waals surface area contributed by atoms with E-state index < -0.39 is 0 Å². The topological polar surface area (TPSA) is 80.3 Å². The molecule has 2 N–H and O–H groups in total. The van der Waals surface area contributed by atoms with Crippen LogP contribution in [0.5, 0.6) is 11.8 Å². The van der Waals surface area contributed by atoms with Crippen LogP contribution in [0.25, 0.3) is 33.5 Å². The maximum Gasteiger partial charge on any atom is 0.296 e. The number of hydrogen-bond acceptors (Lipinski definition) is 5. The van der Waals surface area contributed by atoms with Gasteiger partial charge in [-0.05, 0) is 55.0 Å². The number of ether oxygens (including phenoxy) is 2. The summed E-state index contributed by atoms with van der Waals surface area (Å²) in [5.74, 6) is 1.26. The van der Waals surface area contributed by atoms with E-state index in [1.54, 1.807) is 7.11 Å². The number of nitrogens with zero attached hydrogens (tertiary/aromatic N) is 2. The molecule has 4 aromatic rings. The number of aliphatic hydroxyl groups is 1. The highest BCUT2D eigenvalue weighted by atomic mass is 35.5. The average molecular weight is 476 g/mol. The molecule has 0 bridgehead atoms. The van der Waals surface area contributed by atoms with Crippen molar-refractivity contribution >= 4 is 22.8 Å². The lowest BCUT2D eigenvalue weighted by Crippen LogP contribution is -2.25. The quantitative estimate of drug-likeness (QED) is 0.294. The number of imidazole rings is 1. The Balaban J connectivity index is 1.34. The molecule has 0 spiro atoms. The third-order valence-electron chi connectivity index (χ3n) is 6.41. The first-order valence-electron chi connectivity index (χ1n) is 11.4. The summed E-state index contributed by atoms with van der Waals surface area (Å²) in [5.41, 5.74) is 5.08. The van der Waals surface area contributed by atoms with Gasteiger partial charge >= 0.3 is 0 Å². The van der Waals surface area contributed by atoms with Gasteiger partial charge in [0.25, 0.3) is 6.01 Å². The molecule has 0 amide bonds. The molecule has 2 aromatic heterocycles. The van der Waals surface area contributed by atoms with E-state index in [1.165, 1.54) is 0 Å². The first-order chi connectivity index (χ1) is 16.5. The molecule has 1 saturated carbocycles. The molecule has 5 rings (SSSR count). The van der Waals surface area contributed by atoms with Crippen molar-refractivity contribution in [3.8, 4) is 34.1 Å². The number of methoxy groups -OCH3 is 1. The zero-order valence-corrected chi connectivity index (χ0v) is 19.7. The molecule has 2 heterocycles. The van der Waals surface area contributed by atoms with E-state index in [0.717, 1.165) is 53.6 Å². The van der Waals surface area contributed by atoms with Gasteiger partial charge in [0.2, 0.25) is 0 Å². The second kappa shape index (κ2) is 9.39. The largest absolute Gasteiger partial charge is 0.513 e. The van der Waals surface area contributed by atoms with E-state index in [9.17, 15) is 5.11 Å². The van der Waals surface area contributed by atoms with E-state index in [0.29, 0.717) is 22.4 Å². The van der Waals surface area contributed by atoms with Gasteiger partial charge in [0.05, 0.1) is 29.1 Å². The number of halogens is 1. The van der Waals surface area contributed by atoms with Crippen LogP contribution in [0.2, 0.25) is 5.02 Å². The number of aromatic amines is 1. The molecule has 0 aliphatic heterocycles. The van der Waals surface area contributed by atoms with E-state index >= 15 is 0 Å². The van der Waals surface area contributed by atoms with Gasteiger partial charge in [-0.3, -0.25) is 0 Å². The number of rotatable bonds is 6. The average Bonchev–Trinajstić information content (AvgIpc) is 3.25. The SMILES string of the molecule is C=C(O)[C@H]1CC[C@H](Oc2nc3nc(-c4ccc(-c5ccc(OC)cc5)cc4)c(Cl)cc3[nH]2)CC1. The van der Waals surface area contributed by atoms with Crippen LogP contribution in [-0.4, -0.2) is 33.3 Å². The first-order valence-corrected chi connectivity index (χ1v) is 11.7. The van der Waals surface area contributed by atoms with Crippen LogP contribution in [0.3, 0.4) is 0 Å². The molecule has 6 nitrogen and oxygen atoms in total. The summed E-state index contributed by atoms with van der Waals surface area (Å²) in [6.45, 7) is 3.66. The highest BCUT2D eigenvalue weighted by Gasteiger charge is 2.25. The number of fused-ring (bicyclic) bond motifs is 1. The molecule has 174 valence electrons. The third-order valence-corrected chi connectivity index (χ3v) is 6.70. The van der Waals surface area contributed by atoms with Crippen LogP contribution < -0.4 is 9.47 Å². The fraction of sp³-hybridized carbons (Fsp3) is 0.259. The number of H-pyrrole nitrogens is 1. The van der Waals surface area contributed by atoms with Crippen molar-refractivity contribution in [3.63, 3.8) is 0 Å². The zero-order chi connectivity index (χ0) is 23.7. The van der Waals surface area contributed by atoms with Gasteiger partial charge in [-0.25, -0.2) is 4.98 Å². The van der Waals surface area contributed by atoms with E-state index in [2.05, 4.69) is 28.7 Å². The molecule has 34 heavy (non-hydrogen) atoms. The second-order valence-electron chi connectivity index (χ2n) is 8.62. The summed E-state index contributed by atoms with van der Waals surface area (Å²) in [4.78, 5) is 12.4. The fourth-order valence-electron chi connectivity index (χ4n) is 4.43. The normalized spacial score (nSPS) is 18.1. The molecule has 7 heteroatoms. The number of aromatic nitrogens is 3. The molecule has 0 atom stereocenters. The maximum absolute atomic E-state index is 9.61. The van der Waals surface area contributed by atoms with Crippen LogP contribution in [0, 0.1) is 5.92 Å². The van der Waals surface area contributed by atoms with Crippen LogP contribution in [-0.2, 0) is 0 Å². The molecule has 0 unspecified atom stereocenters. The molecule has 0 saturated heterocycles. The van der Waals surface area contributed by atoms with Crippen molar-refractivity contribution in [3.05, 3.63) is 72.0 Å². The zero-order valence-electron chi connectivity index (χ0n) is 18.9. The Bertz CT molecular complexity index is 1310. The van der Waals surface area contributed by atoms with E-state index in [-0.39, 0.29) is 17.8 Å². The summed E-state index contributed by atoms with van der Waals surface area (Å²) in [5, 5.41) is 10.2. The first kappa shape index (κ1) is 22.3. The van der Waals surface area contributed by atoms with Crippen molar-refractivity contribution < 1.29 is 14.6 Å². The van der Waals surface area contributed by atoms with Crippen molar-refractivity contribution in [2.24, 2.45) is 5.92 Å². The van der Waals surface area contributed by atoms with Crippen molar-refractivity contribution in [1.82, 2.24) is 15.0 Å². The minimum atomic E-state index is 0.0524. The maximum atomic E-state index is 9.61. The van der Waals surface area contributed by atoms with Gasteiger partial charge in [-0.2, -0.15) is 4.98 Å². The second-order valence-corrected chi connectivity index (χ2v) is 9.03. The Kier molecular flexibility index (Phi) is 6.16. The van der Waals surface area contributed by atoms with Crippen molar-refractivity contribution in [1.29, 1.82) is 0 Å². The molecule has 1 fully saturated rings. The minimum Gasteiger partial charge on any atom is -0.513 e. The van der Waals surface area contributed by atoms with Gasteiger partial charge in [0.1, 0.15) is 11.9 Å². The number of pyridine rings is 1. The van der Waals surface area contributed by atoms with Crippen LogP contribution >= 0.6 is 11.6 Å². The molecule has 2 aromatic carbocycles. The minimum absolute atomic E-state index is 0.0524. The number of allylic oxidation sites excluding steroid dienone is 1. The number of benzene rings is 2. The van der Waals surface area contributed by atoms with Gasteiger partial charge in [0, 0.05) is 11.5 Å². The number of nitrogens with one attached hydrogen (secondary N) is 1. The highest BCUT2D eigenvalue weighted by Crippen LogP contribution is 2.33. The Morgan fingerprint density at radius 1 is 0.971 bits per heavy atom. The predicted octanol–water partition coefficient (Wildman–Crippen LogP) is 6.96. The molecular formula is C27H26ClN3O3. The van der Waals surface area contributed by atoms with E-state index in [1.807, 2.05) is 42.5 Å². The lowest BCUT2D eigenvalue weighted by molar-refractivity contribution is 0.118. The van der Waals surface area contributed by atoms with Gasteiger partial charge in [0.15, 0.2) is 5.65 Å². The Labute approximate surface area is 203 Å². The monoisotopic (exact) mass is 475 g/mol. The summed E-state index contributed by atoms with van der Waals surface area (Å²) >= 11 is 6.58. The predicted molar refractivity (Wildman–Crippen MR) is 134 cm³/mol. The molecular weight excluding hydrogens is 450 g/mol. The fourth-order valence-corrected chi connectivity index (χ4v) is 4.69. The smallest absolute Gasteiger partial charge is 0.296 e. The molecule has 1 aliphatic carbocycles. The summed E-state index contributed by atoms with van der Waals surface area (Å²) in [7, 11) is 1.66. The summed E-state index contributed by atoms with van der Waals surface area (Å²) in [6, 6.07) is 18.4. The molecule has 0 radical (unpaired) electrons. The summed E-state index contributed by atoms with van der Waals surface area (Å²) in [6.07, 6.45) is 3.47. The Morgan fingerprint density at radius 3 is 2.21 bits per heavy atom. The van der Waals surface area contributed by atoms with Gasteiger partial charge in [-0.1, -0.05) is 54.6 Å². The van der Waals surface area contributed by atoms with Crippen molar-refractivity contribution in [2.45, 2.75) is 31.8 Å². The lowest BCUT2D eigenvalue weighted by atomic mass is 9.86. The standard InChI is InChI=1S/C27H26ClN3O3/c1-16(32)17-7-13-22(14-8-17)34-27-29-24-15-23(28)25(30-26(24)31-27)20-5-3-18(4-6-20)19-9-11-21(33-2)12-10-19/h3-6,9-12,15,17,22,32H,1,7-8,13-14H2,2H3,(H,29,30,31)/t17-,22-. The Morgan fingerprint density at radius 2 is 1.59 bits per heavy atom. The van der Waals surface area contributed by atoms with Gasteiger partial charge in [-0.15, -0.1) is 0 Å². The lowest BCUT2D eigenvalue weighted by Gasteiger charge is -2.27. The van der Waals surface area contributed by atoms with E-state index in [4.69, 9.17) is 26.1 Å². The van der Waals surface area contributed by atoms with Crippen LogP contribution in [0.15, 0.2) is 66.9 Å². The third kappa shape index (κ3) is 4.59. The van der Waals surface area contributed by atoms with Crippen LogP contribution in [0.1, 0.15) is 25.7 Å². The highest BCUT2D eigenvalue weighted by molar-refractivity contribution is 6.33. The van der Waals surface area contributed by atoms with Crippen LogP contribution in [0.4, 0.5) is 0 Å².